The lowest BCUT2D eigenvalue weighted by molar-refractivity contribution is -0.142. The molecule has 0 saturated carbocycles. The molecular formula is C27H26N2O6. The molecule has 4 N–H and O–H groups in total. The van der Waals surface area contributed by atoms with Crippen LogP contribution in [0.2, 0.25) is 0 Å². The molecule has 2 atom stereocenters. The molecule has 0 radical (unpaired) electrons. The van der Waals surface area contributed by atoms with Crippen molar-refractivity contribution in [1.29, 1.82) is 0 Å². The van der Waals surface area contributed by atoms with Crippen molar-refractivity contribution >= 4 is 18.0 Å². The second kappa shape index (κ2) is 10.8. The molecular weight excluding hydrogens is 448 g/mol. The number of hydrogen-bond acceptors (Lipinski definition) is 5. The summed E-state index contributed by atoms with van der Waals surface area (Å²) in [6, 6.07) is 21.9. The second-order valence-electron chi connectivity index (χ2n) is 8.23. The molecule has 0 heterocycles. The Morgan fingerprint density at radius 2 is 1.40 bits per heavy atom. The van der Waals surface area contributed by atoms with E-state index < -0.39 is 36.7 Å². The first-order valence-corrected chi connectivity index (χ1v) is 11.3. The number of carbonyl (C=O) groups excluding carboxylic acids is 2. The fourth-order valence-corrected chi connectivity index (χ4v) is 4.35. The van der Waals surface area contributed by atoms with E-state index in [0.29, 0.717) is 5.56 Å². The van der Waals surface area contributed by atoms with Crippen molar-refractivity contribution in [2.45, 2.75) is 24.4 Å². The fourth-order valence-electron chi connectivity index (χ4n) is 4.35. The maximum absolute atomic E-state index is 12.9. The fraction of sp³-hybridized carbons (Fsp3) is 0.222. The van der Waals surface area contributed by atoms with Crippen molar-refractivity contribution in [2.75, 3.05) is 13.2 Å². The molecule has 8 heteroatoms. The first-order valence-electron chi connectivity index (χ1n) is 11.3. The number of aliphatic hydroxyl groups is 1. The van der Waals surface area contributed by atoms with Crippen LogP contribution < -0.4 is 10.6 Å². The standard InChI is InChI=1S/C27H26N2O6/c30-15-14-23(26(32)33)28-25(31)24(17-8-2-1-3-9-17)29-27(34)35-16-22-20-12-6-4-10-18(20)19-11-5-7-13-21(19)22/h1-13,22-24,30H,14-16H2,(H,28,31)(H,29,34)(H,32,33)/t23?,24-/m0/s1. The largest absolute Gasteiger partial charge is 0.480 e. The monoisotopic (exact) mass is 474 g/mol. The highest BCUT2D eigenvalue weighted by Crippen LogP contribution is 2.44. The third-order valence-electron chi connectivity index (χ3n) is 6.03. The van der Waals surface area contributed by atoms with Crippen LogP contribution in [0.3, 0.4) is 0 Å². The van der Waals surface area contributed by atoms with Gasteiger partial charge in [0.05, 0.1) is 0 Å². The van der Waals surface area contributed by atoms with Gasteiger partial charge in [-0.3, -0.25) is 4.79 Å². The normalized spacial score (nSPS) is 13.7. The van der Waals surface area contributed by atoms with Gasteiger partial charge in [0.15, 0.2) is 0 Å². The lowest BCUT2D eigenvalue weighted by Crippen LogP contribution is -2.47. The number of nitrogens with one attached hydrogen (secondary N) is 2. The Morgan fingerprint density at radius 1 is 0.829 bits per heavy atom. The van der Waals surface area contributed by atoms with Gasteiger partial charge < -0.3 is 25.6 Å². The molecule has 0 fully saturated rings. The van der Waals surface area contributed by atoms with Crippen molar-refractivity contribution < 1.29 is 29.3 Å². The number of amides is 2. The molecule has 180 valence electrons. The molecule has 0 saturated heterocycles. The van der Waals surface area contributed by atoms with Crippen molar-refractivity contribution in [2.24, 2.45) is 0 Å². The lowest BCUT2D eigenvalue weighted by atomic mass is 9.98. The van der Waals surface area contributed by atoms with Gasteiger partial charge in [0, 0.05) is 18.9 Å². The Balaban J connectivity index is 1.48. The number of alkyl carbamates (subject to hydrolysis) is 1. The van der Waals surface area contributed by atoms with Crippen molar-refractivity contribution in [3.63, 3.8) is 0 Å². The smallest absolute Gasteiger partial charge is 0.408 e. The van der Waals surface area contributed by atoms with Crippen LogP contribution in [0.1, 0.15) is 35.1 Å². The van der Waals surface area contributed by atoms with Gasteiger partial charge in [-0.2, -0.15) is 0 Å². The molecule has 0 bridgehead atoms. The van der Waals surface area contributed by atoms with Gasteiger partial charge in [-0.15, -0.1) is 0 Å². The van der Waals surface area contributed by atoms with E-state index in [1.165, 1.54) is 0 Å². The number of aliphatic carboxylic acids is 1. The van der Waals surface area contributed by atoms with Gasteiger partial charge in [0.25, 0.3) is 0 Å². The van der Waals surface area contributed by atoms with Crippen molar-refractivity contribution in [3.05, 3.63) is 95.6 Å². The van der Waals surface area contributed by atoms with Crippen LogP contribution in [0.25, 0.3) is 11.1 Å². The van der Waals surface area contributed by atoms with Crippen LogP contribution in [0, 0.1) is 0 Å². The lowest BCUT2D eigenvalue weighted by Gasteiger charge is -2.22. The molecule has 8 nitrogen and oxygen atoms in total. The van der Waals surface area contributed by atoms with Crippen molar-refractivity contribution in [1.82, 2.24) is 10.6 Å². The summed E-state index contributed by atoms with van der Waals surface area (Å²) in [5.41, 5.74) is 4.79. The number of carbonyl (C=O) groups is 3. The van der Waals surface area contributed by atoms with E-state index in [-0.39, 0.29) is 18.9 Å². The molecule has 35 heavy (non-hydrogen) atoms. The van der Waals surface area contributed by atoms with E-state index in [1.807, 2.05) is 48.5 Å². The Hall–Kier alpha value is -4.17. The van der Waals surface area contributed by atoms with E-state index >= 15 is 0 Å². The van der Waals surface area contributed by atoms with Crippen LogP contribution in [0.15, 0.2) is 78.9 Å². The summed E-state index contributed by atoms with van der Waals surface area (Å²) in [7, 11) is 0. The molecule has 1 aliphatic carbocycles. The Labute approximate surface area is 202 Å². The summed E-state index contributed by atoms with van der Waals surface area (Å²) in [4.78, 5) is 37.1. The zero-order valence-corrected chi connectivity index (χ0v) is 18.9. The number of rotatable bonds is 9. The highest BCUT2D eigenvalue weighted by molar-refractivity contribution is 5.90. The number of carboxylic acids is 1. The van der Waals surface area contributed by atoms with E-state index in [4.69, 9.17) is 9.84 Å². The van der Waals surface area contributed by atoms with E-state index in [2.05, 4.69) is 10.6 Å². The minimum Gasteiger partial charge on any atom is -0.480 e. The Morgan fingerprint density at radius 3 is 1.97 bits per heavy atom. The second-order valence-corrected chi connectivity index (χ2v) is 8.23. The molecule has 0 aromatic heterocycles. The Bertz CT molecular complexity index is 1170. The molecule has 0 spiro atoms. The van der Waals surface area contributed by atoms with Gasteiger partial charge in [0.2, 0.25) is 5.91 Å². The zero-order valence-electron chi connectivity index (χ0n) is 18.9. The van der Waals surface area contributed by atoms with Gasteiger partial charge in [-0.25, -0.2) is 9.59 Å². The van der Waals surface area contributed by atoms with Crippen LogP contribution in [0.5, 0.6) is 0 Å². The van der Waals surface area contributed by atoms with Gasteiger partial charge >= 0.3 is 12.1 Å². The van der Waals surface area contributed by atoms with Gasteiger partial charge in [-0.1, -0.05) is 78.9 Å². The van der Waals surface area contributed by atoms with Crippen LogP contribution in [-0.4, -0.2) is 47.4 Å². The predicted molar refractivity (Wildman–Crippen MR) is 129 cm³/mol. The Kier molecular flexibility index (Phi) is 7.42. The summed E-state index contributed by atoms with van der Waals surface area (Å²) in [5, 5.41) is 23.4. The summed E-state index contributed by atoms with van der Waals surface area (Å²) in [6.45, 7) is -0.335. The summed E-state index contributed by atoms with van der Waals surface area (Å²) < 4.78 is 5.56. The topological polar surface area (TPSA) is 125 Å². The number of hydrogen-bond donors (Lipinski definition) is 4. The minimum absolute atomic E-state index is 0.0747. The zero-order chi connectivity index (χ0) is 24.8. The molecule has 4 rings (SSSR count). The quantitative estimate of drug-likeness (QED) is 0.377. The third-order valence-corrected chi connectivity index (χ3v) is 6.03. The molecule has 3 aromatic carbocycles. The maximum atomic E-state index is 12.9. The molecule has 0 aliphatic heterocycles. The molecule has 1 unspecified atom stereocenters. The number of ether oxygens (including phenoxy) is 1. The van der Waals surface area contributed by atoms with Crippen LogP contribution in [0.4, 0.5) is 4.79 Å². The van der Waals surface area contributed by atoms with Crippen molar-refractivity contribution in [3.8, 4) is 11.1 Å². The van der Waals surface area contributed by atoms with E-state index in [1.54, 1.807) is 30.3 Å². The number of aliphatic hydroxyl groups excluding tert-OH is 1. The summed E-state index contributed by atoms with van der Waals surface area (Å²) in [5.74, 6) is -2.14. The SMILES string of the molecule is O=C(N[C@H](C(=O)NC(CCO)C(=O)O)c1ccccc1)OCC1c2ccccc2-c2ccccc21. The molecule has 3 aromatic rings. The average molecular weight is 475 g/mol. The van der Waals surface area contributed by atoms with Crippen LogP contribution in [-0.2, 0) is 14.3 Å². The minimum atomic E-state index is -1.29. The van der Waals surface area contributed by atoms with E-state index in [9.17, 15) is 19.5 Å². The highest BCUT2D eigenvalue weighted by atomic mass is 16.5. The maximum Gasteiger partial charge on any atom is 0.408 e. The predicted octanol–water partition coefficient (Wildman–Crippen LogP) is 3.22. The summed E-state index contributed by atoms with van der Waals surface area (Å²) >= 11 is 0. The molecule has 2 amide bonds. The number of fused-ring (bicyclic) bond motifs is 3. The first kappa shape index (κ1) is 24.0. The molecule has 1 aliphatic rings. The van der Waals surface area contributed by atoms with E-state index in [0.717, 1.165) is 22.3 Å². The third kappa shape index (κ3) is 5.33. The van der Waals surface area contributed by atoms with Gasteiger partial charge in [-0.05, 0) is 27.8 Å². The number of benzene rings is 3. The first-order chi connectivity index (χ1) is 17.0. The average Bonchev–Trinajstić information content (AvgIpc) is 3.20. The summed E-state index contributed by atoms with van der Waals surface area (Å²) in [6.07, 6.45) is -0.960. The van der Waals surface area contributed by atoms with Gasteiger partial charge in [0.1, 0.15) is 18.7 Å². The van der Waals surface area contributed by atoms with Crippen LogP contribution >= 0.6 is 0 Å². The number of carboxylic acid groups (broad SMARTS) is 1. The highest BCUT2D eigenvalue weighted by Gasteiger charge is 2.31.